The van der Waals surface area contributed by atoms with Crippen LogP contribution in [0.3, 0.4) is 0 Å². The highest BCUT2D eigenvalue weighted by Gasteiger charge is 2.28. The summed E-state index contributed by atoms with van der Waals surface area (Å²) in [6.45, 7) is 7.99. The van der Waals surface area contributed by atoms with Crippen LogP contribution in [0.1, 0.15) is 48.2 Å². The monoisotopic (exact) mass is 255 g/mol. The molecule has 0 saturated carbocycles. The van der Waals surface area contributed by atoms with Crippen molar-refractivity contribution in [2.75, 3.05) is 0 Å². The van der Waals surface area contributed by atoms with Gasteiger partial charge in [0.05, 0.1) is 11.1 Å². The van der Waals surface area contributed by atoms with Gasteiger partial charge in [-0.1, -0.05) is 11.6 Å². The molecule has 0 saturated heterocycles. The van der Waals surface area contributed by atoms with Crippen LogP contribution in [0.4, 0.5) is 0 Å². The molecule has 0 bridgehead atoms. The highest BCUT2D eigenvalue weighted by molar-refractivity contribution is 5.88. The Bertz CT molecular complexity index is 665. The van der Waals surface area contributed by atoms with Gasteiger partial charge in [-0.15, -0.1) is 0 Å². The molecule has 0 spiro atoms. The summed E-state index contributed by atoms with van der Waals surface area (Å²) >= 11 is 0. The molecule has 19 heavy (non-hydrogen) atoms. The van der Waals surface area contributed by atoms with Gasteiger partial charge in [0, 0.05) is 11.1 Å². The van der Waals surface area contributed by atoms with Gasteiger partial charge in [-0.25, -0.2) is 0 Å². The molecule has 0 radical (unpaired) electrons. The Hall–Kier alpha value is -1.41. The maximum Gasteiger partial charge on any atom is 0.0850 e. The molecule has 1 aliphatic rings. The second-order valence-electron chi connectivity index (χ2n) is 6.30. The smallest absolute Gasteiger partial charge is 0.0850 e. The number of aryl methyl sites for hydroxylation is 3. The van der Waals surface area contributed by atoms with Crippen molar-refractivity contribution in [3.8, 4) is 0 Å². The van der Waals surface area contributed by atoms with E-state index in [0.717, 1.165) is 35.7 Å². The lowest BCUT2D eigenvalue weighted by molar-refractivity contribution is 0.0792. The molecule has 0 amide bonds. The summed E-state index contributed by atoms with van der Waals surface area (Å²) in [6.07, 6.45) is 3.24. The van der Waals surface area contributed by atoms with Gasteiger partial charge < -0.3 is 5.11 Å². The first-order valence-electron chi connectivity index (χ1n) is 7.03. The molecule has 1 N–H and O–H groups in total. The molecule has 1 aliphatic carbocycles. The first kappa shape index (κ1) is 12.6. The topological polar surface area (TPSA) is 33.1 Å². The van der Waals surface area contributed by atoms with E-state index in [4.69, 9.17) is 4.98 Å². The van der Waals surface area contributed by atoms with E-state index < -0.39 is 5.60 Å². The molecule has 0 aliphatic heterocycles. The van der Waals surface area contributed by atoms with E-state index in [0.29, 0.717) is 0 Å². The normalized spacial score (nSPS) is 15.0. The van der Waals surface area contributed by atoms with Crippen LogP contribution >= 0.6 is 0 Å². The molecule has 0 unspecified atom stereocenters. The van der Waals surface area contributed by atoms with Crippen LogP contribution in [0.25, 0.3) is 10.9 Å². The third-order valence-corrected chi connectivity index (χ3v) is 4.06. The Balaban J connectivity index is 2.49. The minimum Gasteiger partial charge on any atom is -0.386 e. The fourth-order valence-corrected chi connectivity index (χ4v) is 3.42. The van der Waals surface area contributed by atoms with Crippen molar-refractivity contribution in [2.45, 2.75) is 52.6 Å². The largest absolute Gasteiger partial charge is 0.386 e. The molecule has 100 valence electrons. The lowest BCUT2D eigenvalue weighted by Gasteiger charge is -2.24. The second-order valence-corrected chi connectivity index (χ2v) is 6.30. The first-order valence-corrected chi connectivity index (χ1v) is 7.03. The highest BCUT2D eigenvalue weighted by atomic mass is 16.3. The van der Waals surface area contributed by atoms with E-state index in [1.807, 2.05) is 13.8 Å². The van der Waals surface area contributed by atoms with E-state index in [-0.39, 0.29) is 0 Å². The van der Waals surface area contributed by atoms with E-state index in [1.165, 1.54) is 22.4 Å². The van der Waals surface area contributed by atoms with Crippen LogP contribution in [0.5, 0.6) is 0 Å². The zero-order valence-corrected chi connectivity index (χ0v) is 12.2. The SMILES string of the molecule is Cc1cc(C)c2nc3c(c(C(C)(C)O)c2c1)CCC3. The maximum atomic E-state index is 10.6. The number of rotatable bonds is 1. The van der Waals surface area contributed by atoms with Crippen LogP contribution < -0.4 is 0 Å². The fraction of sp³-hybridized carbons (Fsp3) is 0.471. The predicted molar refractivity (Wildman–Crippen MR) is 78.5 cm³/mol. The third kappa shape index (κ3) is 1.95. The summed E-state index contributed by atoms with van der Waals surface area (Å²) < 4.78 is 0. The lowest BCUT2D eigenvalue weighted by atomic mass is 9.88. The molecule has 1 heterocycles. The average molecular weight is 255 g/mol. The Labute approximate surface area is 114 Å². The van der Waals surface area contributed by atoms with Gasteiger partial charge in [-0.05, 0) is 69.7 Å². The minimum atomic E-state index is -0.810. The van der Waals surface area contributed by atoms with Crippen molar-refractivity contribution >= 4 is 10.9 Å². The number of pyridine rings is 1. The van der Waals surface area contributed by atoms with Gasteiger partial charge >= 0.3 is 0 Å². The second kappa shape index (κ2) is 4.04. The minimum absolute atomic E-state index is 0.810. The van der Waals surface area contributed by atoms with E-state index >= 15 is 0 Å². The zero-order chi connectivity index (χ0) is 13.8. The Morgan fingerprint density at radius 3 is 2.58 bits per heavy atom. The average Bonchev–Trinajstić information content (AvgIpc) is 2.71. The number of fused-ring (bicyclic) bond motifs is 2. The molecule has 1 aromatic carbocycles. The molecular formula is C17H21NO. The van der Waals surface area contributed by atoms with Crippen molar-refractivity contribution in [1.29, 1.82) is 0 Å². The zero-order valence-electron chi connectivity index (χ0n) is 12.2. The van der Waals surface area contributed by atoms with Crippen molar-refractivity contribution in [2.24, 2.45) is 0 Å². The fourth-order valence-electron chi connectivity index (χ4n) is 3.42. The van der Waals surface area contributed by atoms with Crippen LogP contribution in [0.2, 0.25) is 0 Å². The Kier molecular flexibility index (Phi) is 2.68. The van der Waals surface area contributed by atoms with E-state index in [9.17, 15) is 5.11 Å². The van der Waals surface area contributed by atoms with Gasteiger partial charge in [0.25, 0.3) is 0 Å². The van der Waals surface area contributed by atoms with Crippen molar-refractivity contribution < 1.29 is 5.11 Å². The summed E-state index contributed by atoms with van der Waals surface area (Å²) in [5.74, 6) is 0. The van der Waals surface area contributed by atoms with Crippen LogP contribution in [-0.2, 0) is 18.4 Å². The predicted octanol–water partition coefficient (Wildman–Crippen LogP) is 3.57. The van der Waals surface area contributed by atoms with Crippen LogP contribution in [0, 0.1) is 13.8 Å². The van der Waals surface area contributed by atoms with Crippen LogP contribution in [-0.4, -0.2) is 10.1 Å². The maximum absolute atomic E-state index is 10.6. The van der Waals surface area contributed by atoms with Gasteiger partial charge in [0.2, 0.25) is 0 Å². The summed E-state index contributed by atoms with van der Waals surface area (Å²) in [6, 6.07) is 4.34. The molecule has 3 rings (SSSR count). The summed E-state index contributed by atoms with van der Waals surface area (Å²) in [5.41, 5.74) is 6.25. The molecule has 0 fully saturated rings. The van der Waals surface area contributed by atoms with Crippen molar-refractivity contribution in [3.63, 3.8) is 0 Å². The van der Waals surface area contributed by atoms with E-state index in [1.54, 1.807) is 0 Å². The van der Waals surface area contributed by atoms with Crippen molar-refractivity contribution in [3.05, 3.63) is 40.1 Å². The number of nitrogens with zero attached hydrogens (tertiary/aromatic N) is 1. The molecule has 0 atom stereocenters. The number of hydrogen-bond acceptors (Lipinski definition) is 2. The Morgan fingerprint density at radius 1 is 1.16 bits per heavy atom. The number of aliphatic hydroxyl groups is 1. The van der Waals surface area contributed by atoms with Gasteiger partial charge in [0.1, 0.15) is 0 Å². The molecule has 2 aromatic rings. The first-order chi connectivity index (χ1) is 8.88. The Morgan fingerprint density at radius 2 is 1.89 bits per heavy atom. The molecule has 2 nitrogen and oxygen atoms in total. The highest BCUT2D eigenvalue weighted by Crippen LogP contribution is 2.37. The number of aromatic nitrogens is 1. The lowest BCUT2D eigenvalue weighted by Crippen LogP contribution is -2.19. The quantitative estimate of drug-likeness (QED) is 0.845. The van der Waals surface area contributed by atoms with E-state index in [2.05, 4.69) is 26.0 Å². The third-order valence-electron chi connectivity index (χ3n) is 4.06. The molecule has 2 heteroatoms. The van der Waals surface area contributed by atoms with Gasteiger partial charge in [0.15, 0.2) is 0 Å². The van der Waals surface area contributed by atoms with Gasteiger partial charge in [-0.2, -0.15) is 0 Å². The summed E-state index contributed by atoms with van der Waals surface area (Å²) in [7, 11) is 0. The molecular weight excluding hydrogens is 234 g/mol. The number of benzene rings is 1. The van der Waals surface area contributed by atoms with Gasteiger partial charge in [-0.3, -0.25) is 4.98 Å². The van der Waals surface area contributed by atoms with Crippen LogP contribution in [0.15, 0.2) is 12.1 Å². The summed E-state index contributed by atoms with van der Waals surface area (Å²) in [5, 5.41) is 11.7. The molecule has 1 aromatic heterocycles. The van der Waals surface area contributed by atoms with Crippen molar-refractivity contribution in [1.82, 2.24) is 4.98 Å². The summed E-state index contributed by atoms with van der Waals surface area (Å²) in [4.78, 5) is 4.86. The number of hydrogen-bond donors (Lipinski definition) is 1. The standard InChI is InChI=1S/C17H21NO/c1-10-8-11(2)16-13(9-10)15(17(3,4)19)12-6-5-7-14(12)18-16/h8-9,19H,5-7H2,1-4H3.